The van der Waals surface area contributed by atoms with Crippen molar-refractivity contribution in [3.8, 4) is 17.6 Å². The van der Waals surface area contributed by atoms with Gasteiger partial charge in [-0.25, -0.2) is 0 Å². The molecule has 1 aromatic rings. The van der Waals surface area contributed by atoms with Gasteiger partial charge in [0.2, 0.25) is 0 Å². The summed E-state index contributed by atoms with van der Waals surface area (Å²) in [6.07, 6.45) is 0.298. The van der Waals surface area contributed by atoms with Gasteiger partial charge < -0.3 is 18.9 Å². The van der Waals surface area contributed by atoms with Crippen molar-refractivity contribution in [1.29, 1.82) is 0 Å². The Balaban J connectivity index is 2.00. The Hall–Kier alpha value is -1.54. The highest BCUT2D eigenvalue weighted by Crippen LogP contribution is 2.27. The number of methoxy groups -OCH3 is 2. The summed E-state index contributed by atoms with van der Waals surface area (Å²) in [5.41, 5.74) is 1.15. The summed E-state index contributed by atoms with van der Waals surface area (Å²) in [5, 5.41) is 0. The van der Waals surface area contributed by atoms with Crippen LogP contribution in [0.1, 0.15) is 19.4 Å². The van der Waals surface area contributed by atoms with Crippen molar-refractivity contribution in [3.05, 3.63) is 29.8 Å². The van der Waals surface area contributed by atoms with E-state index in [1.807, 2.05) is 31.2 Å². The molecule has 0 saturated carbocycles. The molecular weight excluding hydrogens is 280 g/mol. The monoisotopic (exact) mass is 304 g/mol. The minimum Gasteiger partial charge on any atom is -0.497 e. The number of benzene rings is 1. The molecule has 22 heavy (non-hydrogen) atoms. The number of hydrogen-bond acceptors (Lipinski definition) is 4. The molecule has 0 radical (unpaired) electrons. The molecule has 1 saturated heterocycles. The summed E-state index contributed by atoms with van der Waals surface area (Å²) >= 11 is 0. The molecule has 4 nitrogen and oxygen atoms in total. The molecule has 0 spiro atoms. The van der Waals surface area contributed by atoms with Crippen molar-refractivity contribution >= 4 is 0 Å². The molecule has 0 aromatic heterocycles. The van der Waals surface area contributed by atoms with Crippen LogP contribution in [0, 0.1) is 17.8 Å². The first kappa shape index (κ1) is 16.8. The van der Waals surface area contributed by atoms with E-state index >= 15 is 0 Å². The Labute approximate surface area is 132 Å². The van der Waals surface area contributed by atoms with Gasteiger partial charge in [-0.3, -0.25) is 0 Å². The first-order chi connectivity index (χ1) is 10.7. The van der Waals surface area contributed by atoms with Crippen LogP contribution in [0.4, 0.5) is 0 Å². The Morgan fingerprint density at radius 1 is 1.18 bits per heavy atom. The summed E-state index contributed by atoms with van der Waals surface area (Å²) in [5.74, 6) is 7.06. The number of rotatable bonds is 6. The van der Waals surface area contributed by atoms with Gasteiger partial charge in [-0.05, 0) is 31.5 Å². The summed E-state index contributed by atoms with van der Waals surface area (Å²) in [6, 6.07) is 7.94. The van der Waals surface area contributed by atoms with Crippen LogP contribution in [-0.2, 0) is 20.6 Å². The molecule has 4 heteroatoms. The first-order valence-corrected chi connectivity index (χ1v) is 7.53. The smallest absolute Gasteiger partial charge is 0.162 e. The maximum absolute atomic E-state index is 6.07. The Morgan fingerprint density at radius 2 is 1.91 bits per heavy atom. The van der Waals surface area contributed by atoms with Crippen LogP contribution < -0.4 is 4.74 Å². The zero-order valence-electron chi connectivity index (χ0n) is 13.7. The number of hydrogen-bond donors (Lipinski definition) is 0. The van der Waals surface area contributed by atoms with Gasteiger partial charge in [0.15, 0.2) is 6.29 Å². The van der Waals surface area contributed by atoms with Gasteiger partial charge in [0.05, 0.1) is 13.7 Å². The molecule has 4 atom stereocenters. The van der Waals surface area contributed by atoms with Crippen molar-refractivity contribution in [2.24, 2.45) is 5.92 Å². The molecule has 120 valence electrons. The standard InChI is InChI=1S/C18H24O4/c1-5-6-13(2)18-16(12-19-3)21-17(22-18)11-14-7-9-15(20-4)10-8-14/h7-10,13,16-18H,11-12H2,1-4H3/t13-,16-,17?,18-/m1/s1. The fourth-order valence-corrected chi connectivity index (χ4v) is 2.67. The second kappa shape index (κ2) is 8.19. The Morgan fingerprint density at radius 3 is 2.50 bits per heavy atom. The van der Waals surface area contributed by atoms with Crippen LogP contribution in [-0.4, -0.2) is 39.3 Å². The molecule has 1 aliphatic rings. The quantitative estimate of drug-likeness (QED) is 0.757. The third-order valence-corrected chi connectivity index (χ3v) is 3.76. The van der Waals surface area contributed by atoms with Crippen molar-refractivity contribution in [1.82, 2.24) is 0 Å². The van der Waals surface area contributed by atoms with Gasteiger partial charge in [-0.1, -0.05) is 18.1 Å². The van der Waals surface area contributed by atoms with Crippen molar-refractivity contribution in [2.45, 2.75) is 38.8 Å². The molecule has 1 unspecified atom stereocenters. The maximum Gasteiger partial charge on any atom is 0.162 e. The summed E-state index contributed by atoms with van der Waals surface area (Å²) in [6.45, 7) is 4.41. The van der Waals surface area contributed by atoms with Crippen molar-refractivity contribution in [3.63, 3.8) is 0 Å². The van der Waals surface area contributed by atoms with Gasteiger partial charge in [0, 0.05) is 19.4 Å². The lowest BCUT2D eigenvalue weighted by atomic mass is 10.0. The molecule has 1 heterocycles. The Kier molecular flexibility index (Phi) is 6.26. The molecule has 0 N–H and O–H groups in total. The van der Waals surface area contributed by atoms with Crippen LogP contribution in [0.5, 0.6) is 5.75 Å². The highest BCUT2D eigenvalue weighted by atomic mass is 16.7. The van der Waals surface area contributed by atoms with E-state index < -0.39 is 0 Å². The summed E-state index contributed by atoms with van der Waals surface area (Å²) in [4.78, 5) is 0. The van der Waals surface area contributed by atoms with E-state index in [2.05, 4.69) is 18.8 Å². The third kappa shape index (κ3) is 4.23. The largest absolute Gasteiger partial charge is 0.497 e. The zero-order valence-corrected chi connectivity index (χ0v) is 13.7. The second-order valence-corrected chi connectivity index (χ2v) is 5.40. The van der Waals surface area contributed by atoms with E-state index in [1.54, 1.807) is 14.2 Å². The molecule has 1 fully saturated rings. The fraction of sp³-hybridized carbons (Fsp3) is 0.556. The van der Waals surface area contributed by atoms with Crippen LogP contribution in [0.25, 0.3) is 0 Å². The Bertz CT molecular complexity index is 514. The van der Waals surface area contributed by atoms with E-state index in [-0.39, 0.29) is 24.4 Å². The van der Waals surface area contributed by atoms with Crippen LogP contribution in [0.2, 0.25) is 0 Å². The van der Waals surface area contributed by atoms with Gasteiger partial charge in [0.1, 0.15) is 18.0 Å². The van der Waals surface area contributed by atoms with Crippen LogP contribution >= 0.6 is 0 Å². The van der Waals surface area contributed by atoms with E-state index in [4.69, 9.17) is 18.9 Å². The minimum atomic E-state index is -0.264. The molecule has 0 aliphatic carbocycles. The van der Waals surface area contributed by atoms with Gasteiger partial charge >= 0.3 is 0 Å². The van der Waals surface area contributed by atoms with E-state index in [9.17, 15) is 0 Å². The molecule has 0 amide bonds. The maximum atomic E-state index is 6.07. The highest BCUT2D eigenvalue weighted by molar-refractivity contribution is 5.27. The van der Waals surface area contributed by atoms with Crippen LogP contribution in [0.3, 0.4) is 0 Å². The molecule has 1 aromatic carbocycles. The third-order valence-electron chi connectivity index (χ3n) is 3.76. The lowest BCUT2D eigenvalue weighted by Gasteiger charge is -2.18. The van der Waals surface area contributed by atoms with Crippen molar-refractivity contribution < 1.29 is 18.9 Å². The summed E-state index contributed by atoms with van der Waals surface area (Å²) < 4.78 is 22.5. The average molecular weight is 304 g/mol. The van der Waals surface area contributed by atoms with Gasteiger partial charge in [-0.2, -0.15) is 0 Å². The predicted molar refractivity (Wildman–Crippen MR) is 84.7 cm³/mol. The van der Waals surface area contributed by atoms with Gasteiger partial charge in [-0.15, -0.1) is 5.92 Å². The molecule has 0 bridgehead atoms. The second-order valence-electron chi connectivity index (χ2n) is 5.40. The molecule has 2 rings (SSSR count). The highest BCUT2D eigenvalue weighted by Gasteiger charge is 2.38. The molecule has 1 aliphatic heterocycles. The van der Waals surface area contributed by atoms with Crippen LogP contribution in [0.15, 0.2) is 24.3 Å². The van der Waals surface area contributed by atoms with E-state index in [0.717, 1.165) is 11.3 Å². The van der Waals surface area contributed by atoms with E-state index in [0.29, 0.717) is 13.0 Å². The lowest BCUT2D eigenvalue weighted by molar-refractivity contribution is -0.0727. The normalized spacial score (nSPS) is 25.4. The van der Waals surface area contributed by atoms with E-state index in [1.165, 1.54) is 0 Å². The SMILES string of the molecule is CC#C[C@@H](C)[C@H]1OC(Cc2ccc(OC)cc2)O[C@@H]1COC. The average Bonchev–Trinajstić information content (AvgIpc) is 2.91. The predicted octanol–water partition coefficient (Wildman–Crippen LogP) is 2.65. The molecular formula is C18H24O4. The fourth-order valence-electron chi connectivity index (χ4n) is 2.67. The zero-order chi connectivity index (χ0) is 15.9. The van der Waals surface area contributed by atoms with Crippen molar-refractivity contribution in [2.75, 3.05) is 20.8 Å². The topological polar surface area (TPSA) is 36.9 Å². The van der Waals surface area contributed by atoms with Gasteiger partial charge in [0.25, 0.3) is 0 Å². The number of ether oxygens (including phenoxy) is 4. The summed E-state index contributed by atoms with van der Waals surface area (Å²) in [7, 11) is 3.34. The first-order valence-electron chi connectivity index (χ1n) is 7.53. The minimum absolute atomic E-state index is 0.0596. The lowest BCUT2D eigenvalue weighted by Crippen LogP contribution is -2.32.